The summed E-state index contributed by atoms with van der Waals surface area (Å²) >= 11 is 6.04. The Labute approximate surface area is 107 Å². The van der Waals surface area contributed by atoms with E-state index in [0.29, 0.717) is 17.7 Å². The van der Waals surface area contributed by atoms with Gasteiger partial charge >= 0.3 is 0 Å². The second-order valence-electron chi connectivity index (χ2n) is 4.69. The molecular weight excluding hydrogens is 239 g/mol. The molecule has 1 saturated heterocycles. The molecule has 1 nitrogen and oxygen atoms in total. The topological polar surface area (TPSA) is 9.23 Å². The van der Waals surface area contributed by atoms with Crippen LogP contribution < -0.4 is 0 Å². The van der Waals surface area contributed by atoms with Crippen molar-refractivity contribution >= 4 is 11.6 Å². The number of alkyl halides is 1. The van der Waals surface area contributed by atoms with E-state index in [1.54, 1.807) is 0 Å². The van der Waals surface area contributed by atoms with E-state index >= 15 is 0 Å². The lowest BCUT2D eigenvalue weighted by atomic mass is 9.86. The maximum atomic E-state index is 12.9. The average molecular weight is 257 g/mol. The zero-order valence-electron chi connectivity index (χ0n) is 9.87. The van der Waals surface area contributed by atoms with Crippen molar-refractivity contribution in [1.29, 1.82) is 0 Å². The van der Waals surface area contributed by atoms with Gasteiger partial charge in [-0.2, -0.15) is 0 Å². The van der Waals surface area contributed by atoms with Crippen molar-refractivity contribution in [3.63, 3.8) is 0 Å². The van der Waals surface area contributed by atoms with Crippen molar-refractivity contribution in [1.82, 2.24) is 0 Å². The molecule has 1 aliphatic rings. The standard InChI is InChI=1S/C14H18ClFO/c15-10-13(9-11-5-7-17-8-6-11)12-1-3-14(16)4-2-12/h1-4,11,13H,5-10H2. The molecule has 17 heavy (non-hydrogen) atoms. The highest BCUT2D eigenvalue weighted by atomic mass is 35.5. The molecule has 2 rings (SSSR count). The molecule has 0 saturated carbocycles. The van der Waals surface area contributed by atoms with Crippen LogP contribution in [0.5, 0.6) is 0 Å². The molecule has 1 heterocycles. The SMILES string of the molecule is Fc1ccc(C(CCl)CC2CCOCC2)cc1. The van der Waals surface area contributed by atoms with Gasteiger partial charge in [0.25, 0.3) is 0 Å². The minimum atomic E-state index is -0.187. The van der Waals surface area contributed by atoms with E-state index in [-0.39, 0.29) is 5.82 Å². The summed E-state index contributed by atoms with van der Waals surface area (Å²) in [4.78, 5) is 0. The Kier molecular flexibility index (Phi) is 4.81. The Morgan fingerprint density at radius 1 is 1.24 bits per heavy atom. The lowest BCUT2D eigenvalue weighted by Crippen LogP contribution is -2.18. The van der Waals surface area contributed by atoms with Crippen molar-refractivity contribution < 1.29 is 9.13 Å². The van der Waals surface area contributed by atoms with E-state index in [4.69, 9.17) is 16.3 Å². The predicted octanol–water partition coefficient (Wildman–Crippen LogP) is 3.96. The zero-order chi connectivity index (χ0) is 12.1. The molecular formula is C14H18ClFO. The zero-order valence-corrected chi connectivity index (χ0v) is 10.6. The lowest BCUT2D eigenvalue weighted by Gasteiger charge is -2.26. The number of halogens is 2. The highest BCUT2D eigenvalue weighted by Gasteiger charge is 2.20. The van der Waals surface area contributed by atoms with E-state index in [2.05, 4.69) is 0 Å². The minimum Gasteiger partial charge on any atom is -0.381 e. The van der Waals surface area contributed by atoms with Crippen LogP contribution in [0.1, 0.15) is 30.7 Å². The van der Waals surface area contributed by atoms with Crippen molar-refractivity contribution in [2.75, 3.05) is 19.1 Å². The van der Waals surface area contributed by atoms with Crippen LogP contribution in [0.4, 0.5) is 4.39 Å². The lowest BCUT2D eigenvalue weighted by molar-refractivity contribution is 0.0622. The van der Waals surface area contributed by atoms with Gasteiger partial charge in [-0.05, 0) is 48.8 Å². The van der Waals surface area contributed by atoms with Crippen LogP contribution in [-0.4, -0.2) is 19.1 Å². The fourth-order valence-electron chi connectivity index (χ4n) is 2.41. The number of benzene rings is 1. The Balaban J connectivity index is 1.97. The van der Waals surface area contributed by atoms with Crippen LogP contribution >= 0.6 is 11.6 Å². The molecule has 0 amide bonds. The van der Waals surface area contributed by atoms with Gasteiger partial charge in [0.1, 0.15) is 5.82 Å². The molecule has 1 atom stereocenters. The smallest absolute Gasteiger partial charge is 0.123 e. The van der Waals surface area contributed by atoms with Gasteiger partial charge in [-0.3, -0.25) is 0 Å². The number of rotatable bonds is 4. The Bertz CT molecular complexity index is 333. The van der Waals surface area contributed by atoms with E-state index in [0.717, 1.165) is 38.0 Å². The maximum Gasteiger partial charge on any atom is 0.123 e. The van der Waals surface area contributed by atoms with E-state index < -0.39 is 0 Å². The number of ether oxygens (including phenoxy) is 1. The Morgan fingerprint density at radius 3 is 2.47 bits per heavy atom. The minimum absolute atomic E-state index is 0.187. The molecule has 94 valence electrons. The molecule has 3 heteroatoms. The summed E-state index contributed by atoms with van der Waals surface area (Å²) in [5.74, 6) is 1.44. The van der Waals surface area contributed by atoms with Crippen LogP contribution in [0.15, 0.2) is 24.3 Å². The van der Waals surface area contributed by atoms with E-state index in [9.17, 15) is 4.39 Å². The van der Waals surface area contributed by atoms with Gasteiger partial charge in [-0.15, -0.1) is 11.6 Å². The highest BCUT2D eigenvalue weighted by molar-refractivity contribution is 6.18. The van der Waals surface area contributed by atoms with Crippen molar-refractivity contribution in [2.45, 2.75) is 25.2 Å². The second kappa shape index (κ2) is 6.36. The highest BCUT2D eigenvalue weighted by Crippen LogP contribution is 2.30. The number of hydrogen-bond donors (Lipinski definition) is 0. The molecule has 0 N–H and O–H groups in total. The van der Waals surface area contributed by atoms with E-state index in [1.807, 2.05) is 12.1 Å². The van der Waals surface area contributed by atoms with Crippen LogP contribution in [0.25, 0.3) is 0 Å². The van der Waals surface area contributed by atoms with Crippen molar-refractivity contribution in [2.24, 2.45) is 5.92 Å². The van der Waals surface area contributed by atoms with Crippen molar-refractivity contribution in [3.05, 3.63) is 35.6 Å². The molecule has 0 spiro atoms. The molecule has 0 bridgehead atoms. The number of hydrogen-bond acceptors (Lipinski definition) is 1. The monoisotopic (exact) mass is 256 g/mol. The van der Waals surface area contributed by atoms with Gasteiger partial charge in [0.15, 0.2) is 0 Å². The third kappa shape index (κ3) is 3.68. The largest absolute Gasteiger partial charge is 0.381 e. The third-order valence-electron chi connectivity index (χ3n) is 3.49. The summed E-state index contributed by atoms with van der Waals surface area (Å²) in [6, 6.07) is 6.72. The maximum absolute atomic E-state index is 12.9. The van der Waals surface area contributed by atoms with Gasteiger partial charge in [-0.1, -0.05) is 12.1 Å². The second-order valence-corrected chi connectivity index (χ2v) is 5.00. The van der Waals surface area contributed by atoms with Gasteiger partial charge in [-0.25, -0.2) is 4.39 Å². The van der Waals surface area contributed by atoms with Crippen LogP contribution in [0.3, 0.4) is 0 Å². The summed E-state index contributed by atoms with van der Waals surface area (Å²) in [6.07, 6.45) is 3.32. The molecule has 0 aromatic heterocycles. The first-order chi connectivity index (χ1) is 8.29. The molecule has 0 radical (unpaired) electrons. The van der Waals surface area contributed by atoms with Crippen LogP contribution in [0.2, 0.25) is 0 Å². The molecule has 1 aromatic carbocycles. The van der Waals surface area contributed by atoms with E-state index in [1.165, 1.54) is 12.1 Å². The molecule has 1 unspecified atom stereocenters. The molecule has 0 aliphatic carbocycles. The van der Waals surface area contributed by atoms with Gasteiger partial charge < -0.3 is 4.74 Å². The quantitative estimate of drug-likeness (QED) is 0.741. The first kappa shape index (κ1) is 12.8. The summed E-state index contributed by atoms with van der Waals surface area (Å²) < 4.78 is 18.2. The predicted molar refractivity (Wildman–Crippen MR) is 68.0 cm³/mol. The van der Waals surface area contributed by atoms with Crippen LogP contribution in [0, 0.1) is 11.7 Å². The summed E-state index contributed by atoms with van der Waals surface area (Å²) in [5.41, 5.74) is 1.15. The Morgan fingerprint density at radius 2 is 1.88 bits per heavy atom. The molecule has 1 aliphatic heterocycles. The first-order valence-electron chi connectivity index (χ1n) is 6.18. The van der Waals surface area contributed by atoms with Crippen LogP contribution in [-0.2, 0) is 4.74 Å². The molecule has 1 fully saturated rings. The summed E-state index contributed by atoms with van der Waals surface area (Å²) in [7, 11) is 0. The summed E-state index contributed by atoms with van der Waals surface area (Å²) in [6.45, 7) is 1.73. The first-order valence-corrected chi connectivity index (χ1v) is 6.72. The van der Waals surface area contributed by atoms with Gasteiger partial charge in [0, 0.05) is 19.1 Å². The third-order valence-corrected chi connectivity index (χ3v) is 3.86. The average Bonchev–Trinajstić information content (AvgIpc) is 2.38. The van der Waals surface area contributed by atoms with Gasteiger partial charge in [0.2, 0.25) is 0 Å². The normalized spacial score (nSPS) is 19.2. The van der Waals surface area contributed by atoms with Gasteiger partial charge in [0.05, 0.1) is 0 Å². The Hall–Kier alpha value is -0.600. The molecule has 1 aromatic rings. The fraction of sp³-hybridized carbons (Fsp3) is 0.571. The summed E-state index contributed by atoms with van der Waals surface area (Å²) in [5, 5.41) is 0. The fourth-order valence-corrected chi connectivity index (χ4v) is 2.71. The van der Waals surface area contributed by atoms with Crippen molar-refractivity contribution in [3.8, 4) is 0 Å².